The zero-order valence-corrected chi connectivity index (χ0v) is 21.5. The fourth-order valence-corrected chi connectivity index (χ4v) is 3.34. The van der Waals surface area contributed by atoms with Crippen LogP contribution in [0.15, 0.2) is 51.7 Å². The Morgan fingerprint density at radius 1 is 0.895 bits per heavy atom. The van der Waals surface area contributed by atoms with E-state index in [0.717, 1.165) is 0 Å². The number of unbranched alkanes of at least 4 members (excludes halogenated alkanes) is 1. The first-order valence-electron chi connectivity index (χ1n) is 11.9. The van der Waals surface area contributed by atoms with Crippen LogP contribution >= 0.6 is 0 Å². The Morgan fingerprint density at radius 3 is 2.24 bits per heavy atom. The van der Waals surface area contributed by atoms with E-state index in [2.05, 4.69) is 0 Å². The molecule has 1 heterocycles. The summed E-state index contributed by atoms with van der Waals surface area (Å²) in [7, 11) is 0. The average Bonchev–Trinajstić information content (AvgIpc) is 2.83. The third kappa shape index (κ3) is 7.06. The summed E-state index contributed by atoms with van der Waals surface area (Å²) in [4.78, 5) is 60.7. The molecule has 0 bridgehead atoms. The van der Waals surface area contributed by atoms with E-state index < -0.39 is 34.7 Å². The lowest BCUT2D eigenvalue weighted by Gasteiger charge is -2.18. The van der Waals surface area contributed by atoms with Crippen LogP contribution in [0.1, 0.15) is 53.4 Å². The number of carboxylic acids is 1. The highest BCUT2D eigenvalue weighted by atomic mass is 16.6. The number of hydrogen-bond acceptors (Lipinski definition) is 9. The molecule has 0 saturated heterocycles. The Kier molecular flexibility index (Phi) is 8.67. The molecular weight excluding hydrogens is 496 g/mol. The van der Waals surface area contributed by atoms with Gasteiger partial charge in [0.2, 0.25) is 11.2 Å². The van der Waals surface area contributed by atoms with E-state index >= 15 is 0 Å². The Labute approximate surface area is 218 Å². The van der Waals surface area contributed by atoms with Gasteiger partial charge in [-0.3, -0.25) is 24.0 Å². The van der Waals surface area contributed by atoms with Gasteiger partial charge < -0.3 is 23.7 Å². The molecule has 1 aromatic heterocycles. The smallest absolute Gasteiger partial charge is 0.316 e. The Bertz CT molecular complexity index is 1440. The van der Waals surface area contributed by atoms with E-state index in [1.54, 1.807) is 39.0 Å². The molecule has 0 saturated carbocycles. The number of fused-ring (bicyclic) bond motifs is 1. The maximum Gasteiger partial charge on any atom is 0.316 e. The van der Waals surface area contributed by atoms with Crippen LogP contribution in [0.5, 0.6) is 17.2 Å². The van der Waals surface area contributed by atoms with Crippen LogP contribution in [-0.2, 0) is 19.2 Å². The van der Waals surface area contributed by atoms with Crippen molar-refractivity contribution >= 4 is 34.8 Å². The summed E-state index contributed by atoms with van der Waals surface area (Å²) in [6, 6.07) is 10.6. The summed E-state index contributed by atoms with van der Waals surface area (Å²) in [5.41, 5.74) is -0.985. The van der Waals surface area contributed by atoms with Gasteiger partial charge in [-0.1, -0.05) is 12.1 Å². The van der Waals surface area contributed by atoms with Gasteiger partial charge in [0.25, 0.3) is 0 Å². The second kappa shape index (κ2) is 11.7. The molecule has 0 unspecified atom stereocenters. The predicted molar refractivity (Wildman–Crippen MR) is 136 cm³/mol. The van der Waals surface area contributed by atoms with Crippen LogP contribution in [0.2, 0.25) is 0 Å². The van der Waals surface area contributed by atoms with E-state index in [9.17, 15) is 24.0 Å². The quantitative estimate of drug-likeness (QED) is 0.233. The van der Waals surface area contributed by atoms with Crippen molar-refractivity contribution in [3.8, 4) is 28.6 Å². The summed E-state index contributed by atoms with van der Waals surface area (Å²) in [6.07, 6.45) is 0.314. The average molecular weight is 525 g/mol. The molecular formula is C28H28O10. The van der Waals surface area contributed by atoms with Gasteiger partial charge in [-0.2, -0.15) is 0 Å². The molecule has 3 aromatic rings. The minimum absolute atomic E-state index is 0.0241. The first-order valence-corrected chi connectivity index (χ1v) is 11.9. The zero-order valence-electron chi connectivity index (χ0n) is 21.5. The normalized spacial score (nSPS) is 11.2. The molecule has 3 rings (SSSR count). The van der Waals surface area contributed by atoms with Crippen molar-refractivity contribution in [2.75, 3.05) is 0 Å². The fourth-order valence-electron chi connectivity index (χ4n) is 3.34. The second-order valence-corrected chi connectivity index (χ2v) is 9.56. The third-order valence-corrected chi connectivity index (χ3v) is 5.27. The Balaban J connectivity index is 2.06. The number of hydrogen-bond donors (Lipinski definition) is 1. The number of benzene rings is 2. The van der Waals surface area contributed by atoms with Crippen LogP contribution in [0, 0.1) is 5.41 Å². The lowest BCUT2D eigenvalue weighted by atomic mass is 9.97. The zero-order chi connectivity index (χ0) is 28.0. The largest absolute Gasteiger partial charge is 0.481 e. The summed E-state index contributed by atoms with van der Waals surface area (Å²) in [5.74, 6) is -3.56. The highest BCUT2D eigenvalue weighted by Crippen LogP contribution is 2.38. The van der Waals surface area contributed by atoms with Gasteiger partial charge in [-0.25, -0.2) is 0 Å². The lowest BCUT2D eigenvalue weighted by molar-refractivity contribution is -0.143. The minimum Gasteiger partial charge on any atom is -0.481 e. The van der Waals surface area contributed by atoms with Crippen molar-refractivity contribution in [3.63, 3.8) is 0 Å². The van der Waals surface area contributed by atoms with Crippen LogP contribution in [0.3, 0.4) is 0 Å². The Morgan fingerprint density at radius 2 is 1.58 bits per heavy atom. The van der Waals surface area contributed by atoms with Gasteiger partial charge in [-0.05, 0) is 63.9 Å². The number of para-hydroxylation sites is 1. The molecule has 1 N–H and O–H groups in total. The predicted octanol–water partition coefficient (Wildman–Crippen LogP) is 4.89. The summed E-state index contributed by atoms with van der Waals surface area (Å²) < 4.78 is 22.0. The van der Waals surface area contributed by atoms with E-state index in [0.29, 0.717) is 0 Å². The molecule has 0 radical (unpaired) electrons. The minimum atomic E-state index is -0.976. The topological polar surface area (TPSA) is 146 Å². The van der Waals surface area contributed by atoms with E-state index in [1.165, 1.54) is 31.2 Å². The van der Waals surface area contributed by atoms with Crippen molar-refractivity contribution < 1.29 is 42.9 Å². The molecule has 0 amide bonds. The summed E-state index contributed by atoms with van der Waals surface area (Å²) >= 11 is 0. The van der Waals surface area contributed by atoms with Gasteiger partial charge in [0.15, 0.2) is 17.3 Å². The van der Waals surface area contributed by atoms with Crippen molar-refractivity contribution in [2.24, 2.45) is 5.41 Å². The molecule has 0 spiro atoms. The molecule has 200 valence electrons. The molecule has 0 aliphatic carbocycles. The molecule has 10 heteroatoms. The van der Waals surface area contributed by atoms with Crippen molar-refractivity contribution in [2.45, 2.75) is 53.4 Å². The highest BCUT2D eigenvalue weighted by molar-refractivity contribution is 5.85. The maximum atomic E-state index is 13.3. The van der Waals surface area contributed by atoms with Crippen LogP contribution in [-0.4, -0.2) is 29.0 Å². The van der Waals surface area contributed by atoms with Gasteiger partial charge in [0.05, 0.1) is 10.8 Å². The second-order valence-electron chi connectivity index (χ2n) is 9.56. The summed E-state index contributed by atoms with van der Waals surface area (Å²) in [6.45, 7) is 6.18. The Hall–Kier alpha value is -4.47. The monoisotopic (exact) mass is 524 g/mol. The maximum absolute atomic E-state index is 13.3. The molecule has 2 aromatic carbocycles. The SMILES string of the molecule is CC(=O)Oc1cc(-c2oc3ccccc3c(=O)c2OC(=O)CCCCC(=O)O)ccc1OC(=O)C(C)(C)C. The first-order chi connectivity index (χ1) is 17.9. The molecule has 0 atom stereocenters. The summed E-state index contributed by atoms with van der Waals surface area (Å²) in [5, 5.41) is 8.95. The van der Waals surface area contributed by atoms with Crippen LogP contribution in [0.4, 0.5) is 0 Å². The first kappa shape index (κ1) is 28.1. The van der Waals surface area contributed by atoms with E-state index in [4.69, 9.17) is 23.7 Å². The van der Waals surface area contributed by atoms with E-state index in [-0.39, 0.29) is 65.2 Å². The number of aliphatic carboxylic acids is 1. The van der Waals surface area contributed by atoms with Gasteiger partial charge in [-0.15, -0.1) is 0 Å². The number of rotatable bonds is 9. The number of carboxylic acid groups (broad SMARTS) is 1. The van der Waals surface area contributed by atoms with E-state index in [1.807, 2.05) is 0 Å². The molecule has 0 aliphatic heterocycles. The van der Waals surface area contributed by atoms with Crippen molar-refractivity contribution in [3.05, 3.63) is 52.7 Å². The molecule has 38 heavy (non-hydrogen) atoms. The fraction of sp³-hybridized carbons (Fsp3) is 0.321. The molecule has 0 fully saturated rings. The van der Waals surface area contributed by atoms with Gasteiger partial charge in [0.1, 0.15) is 5.58 Å². The lowest BCUT2D eigenvalue weighted by Crippen LogP contribution is -2.25. The van der Waals surface area contributed by atoms with Gasteiger partial charge in [0, 0.05) is 25.3 Å². The number of carbonyl (C=O) groups is 4. The number of esters is 3. The third-order valence-electron chi connectivity index (χ3n) is 5.27. The molecule has 10 nitrogen and oxygen atoms in total. The van der Waals surface area contributed by atoms with Crippen molar-refractivity contribution in [1.82, 2.24) is 0 Å². The van der Waals surface area contributed by atoms with Crippen LogP contribution in [0.25, 0.3) is 22.3 Å². The number of ether oxygens (including phenoxy) is 3. The van der Waals surface area contributed by atoms with Gasteiger partial charge >= 0.3 is 23.9 Å². The molecule has 0 aliphatic rings. The van der Waals surface area contributed by atoms with Crippen LogP contribution < -0.4 is 19.6 Å². The standard InChI is InChI=1S/C28H28O10/c1-16(29)35-21-15-17(13-14-20(21)37-27(34)28(2,3)4)25-26(38-23(32)12-8-7-11-22(30)31)24(33)18-9-5-6-10-19(18)36-25/h5-6,9-10,13-15H,7-8,11-12H2,1-4H3,(H,30,31). The number of carbonyl (C=O) groups excluding carboxylic acids is 3. The van der Waals surface area contributed by atoms with Crippen molar-refractivity contribution in [1.29, 1.82) is 0 Å². The highest BCUT2D eigenvalue weighted by Gasteiger charge is 2.27.